The lowest BCUT2D eigenvalue weighted by Gasteiger charge is -2.17. The van der Waals surface area contributed by atoms with Gasteiger partial charge in [0.15, 0.2) is 18.1 Å². The number of carboxylic acids is 1. The Hall–Kier alpha value is -3.82. The van der Waals surface area contributed by atoms with Crippen molar-refractivity contribution >= 4 is 44.4 Å². The summed E-state index contributed by atoms with van der Waals surface area (Å²) in [6, 6.07) is 18.1. The summed E-state index contributed by atoms with van der Waals surface area (Å²) in [6.07, 6.45) is 2.18. The predicted molar refractivity (Wildman–Crippen MR) is 146 cm³/mol. The highest BCUT2D eigenvalue weighted by molar-refractivity contribution is 9.10. The molecule has 0 radical (unpaired) electrons. The van der Waals surface area contributed by atoms with Gasteiger partial charge in [-0.05, 0) is 64.3 Å². The van der Waals surface area contributed by atoms with Crippen LogP contribution >= 0.6 is 15.9 Å². The fourth-order valence-corrected chi connectivity index (χ4v) is 4.60. The van der Waals surface area contributed by atoms with E-state index in [1.807, 2.05) is 67.7 Å². The van der Waals surface area contributed by atoms with Crippen molar-refractivity contribution in [2.75, 3.05) is 19.0 Å². The van der Waals surface area contributed by atoms with Gasteiger partial charge in [-0.25, -0.2) is 0 Å². The van der Waals surface area contributed by atoms with Gasteiger partial charge in [0.2, 0.25) is 0 Å². The number of fused-ring (bicyclic) bond motifs is 1. The normalized spacial score (nSPS) is 11.8. The monoisotopic (exact) mass is 565 g/mol. The van der Waals surface area contributed by atoms with Crippen molar-refractivity contribution in [2.24, 2.45) is 0 Å². The average molecular weight is 566 g/mol. The number of aromatic nitrogens is 1. The zero-order valence-electron chi connectivity index (χ0n) is 20.5. The molecule has 1 amide bonds. The van der Waals surface area contributed by atoms with E-state index in [4.69, 9.17) is 9.47 Å². The molecule has 1 aromatic heterocycles. The number of para-hydroxylation sites is 1. The van der Waals surface area contributed by atoms with Gasteiger partial charge < -0.3 is 30.2 Å². The fraction of sp³-hybridized carbons (Fsp3) is 0.214. The Morgan fingerprint density at radius 1 is 1.11 bits per heavy atom. The summed E-state index contributed by atoms with van der Waals surface area (Å²) in [6.45, 7) is 2.07. The first-order valence-electron chi connectivity index (χ1n) is 11.7. The number of carboxylic acid groups (broad SMARTS) is 1. The molecular formula is C28H28BrN3O5. The number of H-pyrrole nitrogens is 1. The van der Waals surface area contributed by atoms with Gasteiger partial charge in [-0.3, -0.25) is 9.59 Å². The van der Waals surface area contributed by atoms with E-state index >= 15 is 0 Å². The molecular weight excluding hydrogens is 538 g/mol. The molecule has 4 aromatic rings. The summed E-state index contributed by atoms with van der Waals surface area (Å²) in [7, 11) is 1.51. The number of rotatable bonds is 11. The Morgan fingerprint density at radius 3 is 2.59 bits per heavy atom. The number of hydrogen-bond acceptors (Lipinski definition) is 5. The molecule has 8 nitrogen and oxygen atoms in total. The molecule has 0 aliphatic heterocycles. The third-order valence-electron chi connectivity index (χ3n) is 5.92. The number of aryl methyl sites for hydroxylation is 1. The minimum absolute atomic E-state index is 0.202. The van der Waals surface area contributed by atoms with Crippen LogP contribution < -0.4 is 20.1 Å². The molecule has 1 atom stereocenters. The molecule has 0 spiro atoms. The number of carbonyl (C=O) groups excluding carboxylic acids is 1. The van der Waals surface area contributed by atoms with Crippen LogP contribution in [0.2, 0.25) is 0 Å². The van der Waals surface area contributed by atoms with Gasteiger partial charge in [0.1, 0.15) is 6.04 Å². The summed E-state index contributed by atoms with van der Waals surface area (Å²) < 4.78 is 11.8. The highest BCUT2D eigenvalue weighted by atomic mass is 79.9. The van der Waals surface area contributed by atoms with Crippen molar-refractivity contribution in [3.63, 3.8) is 0 Å². The van der Waals surface area contributed by atoms with Crippen molar-refractivity contribution in [2.45, 2.75) is 25.9 Å². The molecule has 9 heteroatoms. The van der Waals surface area contributed by atoms with Crippen LogP contribution in [0.15, 0.2) is 71.3 Å². The van der Waals surface area contributed by atoms with E-state index in [-0.39, 0.29) is 12.5 Å². The van der Waals surface area contributed by atoms with E-state index in [0.29, 0.717) is 34.6 Å². The van der Waals surface area contributed by atoms with E-state index in [9.17, 15) is 14.7 Å². The van der Waals surface area contributed by atoms with Crippen molar-refractivity contribution < 1.29 is 24.2 Å². The molecule has 1 heterocycles. The van der Waals surface area contributed by atoms with Crippen LogP contribution in [0.3, 0.4) is 0 Å². The van der Waals surface area contributed by atoms with Crippen LogP contribution in [0.5, 0.6) is 11.5 Å². The van der Waals surface area contributed by atoms with Crippen LogP contribution in [0.25, 0.3) is 10.9 Å². The number of methoxy groups -OCH3 is 1. The van der Waals surface area contributed by atoms with Crippen LogP contribution in [0.4, 0.5) is 5.69 Å². The first kappa shape index (κ1) is 26.2. The van der Waals surface area contributed by atoms with Crippen LogP contribution in [0, 0.1) is 6.92 Å². The van der Waals surface area contributed by atoms with E-state index in [2.05, 4.69) is 31.5 Å². The molecule has 37 heavy (non-hydrogen) atoms. The largest absolute Gasteiger partial charge is 0.493 e. The number of aliphatic carboxylic acids is 1. The summed E-state index contributed by atoms with van der Waals surface area (Å²) in [5.74, 6) is -0.419. The summed E-state index contributed by atoms with van der Waals surface area (Å²) in [5.41, 5.74) is 4.49. The smallest absolute Gasteiger partial charge is 0.321 e. The third kappa shape index (κ3) is 6.69. The van der Waals surface area contributed by atoms with Crippen LogP contribution in [-0.2, 0) is 22.6 Å². The number of halogens is 1. The lowest BCUT2D eigenvalue weighted by Crippen LogP contribution is -2.38. The number of ether oxygens (including phenoxy) is 2. The minimum atomic E-state index is -0.934. The van der Waals surface area contributed by atoms with Crippen molar-refractivity contribution in [3.8, 4) is 11.5 Å². The second kappa shape index (κ2) is 11.9. The van der Waals surface area contributed by atoms with Crippen LogP contribution in [0.1, 0.15) is 16.7 Å². The molecule has 0 saturated heterocycles. The van der Waals surface area contributed by atoms with Gasteiger partial charge >= 0.3 is 5.97 Å². The summed E-state index contributed by atoms with van der Waals surface area (Å²) in [5, 5.41) is 16.7. The maximum absolute atomic E-state index is 12.3. The highest BCUT2D eigenvalue weighted by Crippen LogP contribution is 2.36. The Morgan fingerprint density at radius 2 is 1.86 bits per heavy atom. The van der Waals surface area contributed by atoms with Gasteiger partial charge in [0.25, 0.3) is 5.91 Å². The third-order valence-corrected chi connectivity index (χ3v) is 6.51. The molecule has 0 bridgehead atoms. The van der Waals surface area contributed by atoms with Crippen molar-refractivity contribution in [3.05, 3.63) is 88.0 Å². The van der Waals surface area contributed by atoms with Crippen molar-refractivity contribution in [1.29, 1.82) is 0 Å². The van der Waals surface area contributed by atoms with E-state index in [0.717, 1.165) is 27.6 Å². The number of anilines is 1. The van der Waals surface area contributed by atoms with E-state index < -0.39 is 12.0 Å². The van der Waals surface area contributed by atoms with Gasteiger partial charge in [0, 0.05) is 35.8 Å². The predicted octanol–water partition coefficient (Wildman–Crippen LogP) is 5.05. The highest BCUT2D eigenvalue weighted by Gasteiger charge is 2.20. The summed E-state index contributed by atoms with van der Waals surface area (Å²) in [4.78, 5) is 27.5. The number of hydrogen-bond donors (Lipinski definition) is 4. The number of aromatic amines is 1. The SMILES string of the molecule is COc1cc(CNC(Cc2c[nH]c3ccccc23)C(=O)O)cc(Br)c1OCC(=O)Nc1ccc(C)cc1. The molecule has 0 saturated carbocycles. The van der Waals surface area contributed by atoms with Crippen molar-refractivity contribution in [1.82, 2.24) is 10.3 Å². The molecule has 0 aliphatic carbocycles. The number of amides is 1. The van der Waals surface area contributed by atoms with E-state index in [1.165, 1.54) is 7.11 Å². The van der Waals surface area contributed by atoms with E-state index in [1.54, 1.807) is 6.07 Å². The molecule has 0 aliphatic rings. The molecule has 3 aromatic carbocycles. The Balaban J connectivity index is 1.39. The lowest BCUT2D eigenvalue weighted by molar-refractivity contribution is -0.139. The molecule has 1 unspecified atom stereocenters. The zero-order valence-corrected chi connectivity index (χ0v) is 22.1. The standard InChI is InChI=1S/C28H28BrN3O5/c1-17-7-9-20(10-8-17)32-26(33)16-37-27-22(29)11-18(12-25(27)36-2)14-30-24(28(34)35)13-19-15-31-23-6-4-3-5-21(19)23/h3-12,15,24,30-31H,13-14,16H2,1-2H3,(H,32,33)(H,34,35). The zero-order chi connectivity index (χ0) is 26.4. The fourth-order valence-electron chi connectivity index (χ4n) is 4.00. The topological polar surface area (TPSA) is 113 Å². The minimum Gasteiger partial charge on any atom is -0.493 e. The Bertz CT molecular complexity index is 1400. The Labute approximate surface area is 223 Å². The maximum atomic E-state index is 12.3. The second-order valence-electron chi connectivity index (χ2n) is 8.65. The number of carbonyl (C=O) groups is 2. The molecule has 4 N–H and O–H groups in total. The molecule has 0 fully saturated rings. The first-order valence-corrected chi connectivity index (χ1v) is 12.5. The van der Waals surface area contributed by atoms with Crippen LogP contribution in [-0.4, -0.2) is 41.7 Å². The molecule has 4 rings (SSSR count). The average Bonchev–Trinajstić information content (AvgIpc) is 3.29. The van der Waals surface area contributed by atoms with Gasteiger partial charge in [-0.1, -0.05) is 35.9 Å². The van der Waals surface area contributed by atoms with Gasteiger partial charge in [-0.15, -0.1) is 0 Å². The quantitative estimate of drug-likeness (QED) is 0.202. The van der Waals surface area contributed by atoms with Gasteiger partial charge in [0.05, 0.1) is 11.6 Å². The molecule has 192 valence electrons. The number of benzene rings is 3. The summed E-state index contributed by atoms with van der Waals surface area (Å²) >= 11 is 3.49. The first-order chi connectivity index (χ1) is 17.8. The number of nitrogens with one attached hydrogen (secondary N) is 3. The lowest BCUT2D eigenvalue weighted by atomic mass is 10.0. The maximum Gasteiger partial charge on any atom is 0.321 e. The van der Waals surface area contributed by atoms with Gasteiger partial charge in [-0.2, -0.15) is 0 Å². The Kier molecular flexibility index (Phi) is 8.47. The second-order valence-corrected chi connectivity index (χ2v) is 9.50.